The maximum Gasteiger partial charge on any atom is 0.413 e. The van der Waals surface area contributed by atoms with Crippen LogP contribution in [-0.4, -0.2) is 56.9 Å². The highest BCUT2D eigenvalue weighted by Gasteiger charge is 2.31. The fourth-order valence-electron chi connectivity index (χ4n) is 1.77. The Morgan fingerprint density at radius 1 is 1.18 bits per heavy atom. The third-order valence-corrected chi connectivity index (χ3v) is 5.26. The van der Waals surface area contributed by atoms with Crippen molar-refractivity contribution in [1.82, 2.24) is 10.0 Å². The molecule has 0 aliphatic rings. The Labute approximate surface area is 171 Å². The van der Waals surface area contributed by atoms with Crippen molar-refractivity contribution in [3.05, 3.63) is 28.2 Å². The first-order valence-corrected chi connectivity index (χ1v) is 10.0. The van der Waals surface area contributed by atoms with E-state index in [0.29, 0.717) is 0 Å². The molecule has 3 N–H and O–H groups in total. The lowest BCUT2D eigenvalue weighted by atomic mass is 10.2. The van der Waals surface area contributed by atoms with Gasteiger partial charge in [-0.25, -0.2) is 13.2 Å². The predicted octanol–water partition coefficient (Wildman–Crippen LogP) is 0.837. The monoisotopic (exact) mass is 456 g/mol. The summed E-state index contributed by atoms with van der Waals surface area (Å²) in [6.07, 6.45) is -2.53. The first-order valence-electron chi connectivity index (χ1n) is 7.76. The van der Waals surface area contributed by atoms with Crippen molar-refractivity contribution >= 4 is 51.2 Å². The minimum atomic E-state index is -4.28. The van der Waals surface area contributed by atoms with Crippen LogP contribution < -0.4 is 10.0 Å². The molecule has 1 rings (SSSR count). The highest BCUT2D eigenvalue weighted by molar-refractivity contribution is 7.89. The molecule has 1 aromatic rings. The Hall–Kier alpha value is -1.92. The van der Waals surface area contributed by atoms with Crippen LogP contribution in [0.5, 0.6) is 0 Å². The first kappa shape index (κ1) is 24.1. The Morgan fingerprint density at radius 3 is 2.36 bits per heavy atom. The van der Waals surface area contributed by atoms with Crippen LogP contribution in [0, 0.1) is 0 Å². The molecule has 10 nitrogen and oxygen atoms in total. The number of sulfonamides is 1. The van der Waals surface area contributed by atoms with E-state index in [2.05, 4.69) is 9.47 Å². The second kappa shape index (κ2) is 10.6. The van der Waals surface area contributed by atoms with E-state index in [4.69, 9.17) is 23.2 Å². The maximum atomic E-state index is 12.4. The molecular weight excluding hydrogens is 439 g/mol. The van der Waals surface area contributed by atoms with Gasteiger partial charge in [-0.2, -0.15) is 4.72 Å². The molecule has 0 aromatic heterocycles. The number of rotatable bonds is 8. The normalized spacial score (nSPS) is 13.3. The lowest BCUT2D eigenvalue weighted by Gasteiger charge is -2.20. The Morgan fingerprint density at radius 2 is 1.82 bits per heavy atom. The molecule has 0 fully saturated rings. The molecule has 2 amide bonds. The molecule has 0 spiro atoms. The molecule has 0 heterocycles. The van der Waals surface area contributed by atoms with Gasteiger partial charge in [-0.3, -0.25) is 14.9 Å². The molecule has 0 radical (unpaired) electrons. The van der Waals surface area contributed by atoms with Gasteiger partial charge in [-0.1, -0.05) is 23.2 Å². The van der Waals surface area contributed by atoms with Crippen LogP contribution >= 0.6 is 23.2 Å². The molecule has 1 aromatic carbocycles. The van der Waals surface area contributed by atoms with Crippen LogP contribution in [0.15, 0.2) is 23.1 Å². The minimum Gasteiger partial charge on any atom is -0.454 e. The van der Waals surface area contributed by atoms with E-state index in [1.165, 1.54) is 13.0 Å². The fraction of sp³-hybridized carbons (Fsp3) is 0.400. The summed E-state index contributed by atoms with van der Waals surface area (Å²) in [7, 11) is -4.28. The summed E-state index contributed by atoms with van der Waals surface area (Å²) in [6, 6.07) is 1.72. The van der Waals surface area contributed by atoms with Gasteiger partial charge in [-0.15, -0.1) is 0 Å². The number of carbonyl (C=O) groups excluding carboxylic acids is 3. The number of alkyl carbamates (subject to hydrolysis) is 1. The fourth-order valence-corrected chi connectivity index (χ4v) is 3.41. The van der Waals surface area contributed by atoms with E-state index in [1.54, 1.807) is 5.32 Å². The minimum absolute atomic E-state index is 0.0273. The van der Waals surface area contributed by atoms with E-state index in [-0.39, 0.29) is 21.5 Å². The number of imide groups is 1. The number of aliphatic hydroxyl groups is 1. The number of hydrogen-bond donors (Lipinski definition) is 3. The van der Waals surface area contributed by atoms with Crippen molar-refractivity contribution in [2.45, 2.75) is 30.9 Å². The Balaban J connectivity index is 2.81. The largest absolute Gasteiger partial charge is 0.454 e. The van der Waals surface area contributed by atoms with Gasteiger partial charge in [0.1, 0.15) is 6.04 Å². The van der Waals surface area contributed by atoms with Crippen molar-refractivity contribution < 1.29 is 37.4 Å². The number of hydrogen-bond acceptors (Lipinski definition) is 8. The SMILES string of the molecule is CCOC(=O)NC(=O)COC(=O)C(NS(=O)(=O)c1ccc(Cl)c(Cl)c1)C(C)O. The van der Waals surface area contributed by atoms with Crippen LogP contribution in [0.3, 0.4) is 0 Å². The van der Waals surface area contributed by atoms with E-state index in [1.807, 2.05) is 4.72 Å². The predicted molar refractivity (Wildman–Crippen MR) is 98.4 cm³/mol. The van der Waals surface area contributed by atoms with Crippen LogP contribution in [0.25, 0.3) is 0 Å². The number of aliphatic hydroxyl groups excluding tert-OH is 1. The average Bonchev–Trinajstić information content (AvgIpc) is 2.59. The standard InChI is InChI=1S/C15H18Cl2N2O8S/c1-3-26-15(23)18-12(21)7-27-14(22)13(8(2)20)19-28(24,25)9-4-5-10(16)11(17)6-9/h4-6,8,13,19-20H,3,7H2,1-2H3,(H,18,21,23). The van der Waals surface area contributed by atoms with E-state index >= 15 is 0 Å². The molecule has 2 atom stereocenters. The number of ether oxygens (including phenoxy) is 2. The molecule has 0 bridgehead atoms. The van der Waals surface area contributed by atoms with Crippen molar-refractivity contribution in [3.63, 3.8) is 0 Å². The van der Waals surface area contributed by atoms with Gasteiger partial charge in [0, 0.05) is 0 Å². The van der Waals surface area contributed by atoms with Gasteiger partial charge in [0.25, 0.3) is 5.91 Å². The van der Waals surface area contributed by atoms with Gasteiger partial charge in [-0.05, 0) is 32.0 Å². The molecular formula is C15H18Cl2N2O8S. The maximum absolute atomic E-state index is 12.4. The quantitative estimate of drug-likeness (QED) is 0.487. The summed E-state index contributed by atoms with van der Waals surface area (Å²) in [6.45, 7) is 1.80. The zero-order valence-corrected chi connectivity index (χ0v) is 17.1. The van der Waals surface area contributed by atoms with Crippen molar-refractivity contribution in [1.29, 1.82) is 0 Å². The summed E-state index contributed by atoms with van der Waals surface area (Å²) in [5.74, 6) is -2.24. The van der Waals surface area contributed by atoms with Crippen LogP contribution in [-0.2, 0) is 29.1 Å². The molecule has 0 saturated carbocycles. The van der Waals surface area contributed by atoms with Crippen LogP contribution in [0.2, 0.25) is 10.0 Å². The zero-order chi connectivity index (χ0) is 21.5. The molecule has 2 unspecified atom stereocenters. The molecule has 0 saturated heterocycles. The summed E-state index contributed by atoms with van der Waals surface area (Å²) in [5.41, 5.74) is 0. The number of halogens is 2. The lowest BCUT2D eigenvalue weighted by Crippen LogP contribution is -2.49. The van der Waals surface area contributed by atoms with Crippen molar-refractivity contribution in [2.75, 3.05) is 13.2 Å². The van der Waals surface area contributed by atoms with Gasteiger partial charge in [0.2, 0.25) is 10.0 Å². The number of benzene rings is 1. The number of esters is 1. The molecule has 0 aliphatic carbocycles. The lowest BCUT2D eigenvalue weighted by molar-refractivity contribution is -0.152. The van der Waals surface area contributed by atoms with Gasteiger partial charge in [0.15, 0.2) is 6.61 Å². The second-order valence-electron chi connectivity index (χ2n) is 5.29. The van der Waals surface area contributed by atoms with Crippen molar-refractivity contribution in [3.8, 4) is 0 Å². The number of amides is 2. The molecule has 13 heteroatoms. The molecule has 0 aliphatic heterocycles. The Kier molecular flexibility index (Phi) is 9.11. The summed E-state index contributed by atoms with van der Waals surface area (Å²) in [4.78, 5) is 34.3. The van der Waals surface area contributed by atoms with Crippen LogP contribution in [0.4, 0.5) is 4.79 Å². The smallest absolute Gasteiger partial charge is 0.413 e. The van der Waals surface area contributed by atoms with E-state index in [0.717, 1.165) is 19.1 Å². The highest BCUT2D eigenvalue weighted by Crippen LogP contribution is 2.25. The number of nitrogens with one attached hydrogen (secondary N) is 2. The number of carbonyl (C=O) groups is 3. The summed E-state index contributed by atoms with van der Waals surface area (Å²) in [5, 5.41) is 11.6. The van der Waals surface area contributed by atoms with Crippen LogP contribution in [0.1, 0.15) is 13.8 Å². The summed E-state index contributed by atoms with van der Waals surface area (Å²) >= 11 is 11.5. The van der Waals surface area contributed by atoms with Gasteiger partial charge in [0.05, 0.1) is 27.7 Å². The third-order valence-electron chi connectivity index (χ3n) is 3.08. The summed E-state index contributed by atoms with van der Waals surface area (Å²) < 4.78 is 35.9. The second-order valence-corrected chi connectivity index (χ2v) is 7.82. The van der Waals surface area contributed by atoms with Crippen molar-refractivity contribution in [2.24, 2.45) is 0 Å². The highest BCUT2D eigenvalue weighted by atomic mass is 35.5. The Bertz CT molecular complexity index is 844. The third kappa shape index (κ3) is 7.24. The molecule has 28 heavy (non-hydrogen) atoms. The zero-order valence-electron chi connectivity index (χ0n) is 14.8. The average molecular weight is 457 g/mol. The van der Waals surface area contributed by atoms with E-state index < -0.39 is 46.7 Å². The first-order chi connectivity index (χ1) is 13.0. The van der Waals surface area contributed by atoms with E-state index in [9.17, 15) is 27.9 Å². The van der Waals surface area contributed by atoms with Gasteiger partial charge < -0.3 is 14.6 Å². The van der Waals surface area contributed by atoms with Gasteiger partial charge >= 0.3 is 12.1 Å². The molecule has 156 valence electrons. The topological polar surface area (TPSA) is 148 Å².